The van der Waals surface area contributed by atoms with Gasteiger partial charge in [0.2, 0.25) is 0 Å². The Kier molecular flexibility index (Phi) is 26.3. The van der Waals surface area contributed by atoms with Crippen molar-refractivity contribution in [3.8, 4) is 0 Å². The zero-order valence-corrected chi connectivity index (χ0v) is 30.2. The average Bonchev–Trinajstić information content (AvgIpc) is 2.95. The van der Waals surface area contributed by atoms with Crippen molar-refractivity contribution in [2.24, 2.45) is 11.8 Å². The van der Waals surface area contributed by atoms with Crippen LogP contribution in [0.1, 0.15) is 145 Å². The largest absolute Gasteiger partial charge is 0.294 e. The molecule has 0 fully saturated rings. The van der Waals surface area contributed by atoms with Gasteiger partial charge in [0.05, 0.1) is 17.0 Å². The van der Waals surface area contributed by atoms with Crippen LogP contribution in [-0.4, -0.2) is 20.7 Å². The summed E-state index contributed by atoms with van der Waals surface area (Å²) in [4.78, 5) is 22.9. The van der Waals surface area contributed by atoms with E-state index in [1.54, 1.807) is 0 Å². The predicted molar refractivity (Wildman–Crippen MR) is 189 cm³/mol. The number of aromatic nitrogens is 3. The molecule has 0 saturated heterocycles. The molecule has 0 unspecified atom stereocenters. The molecule has 0 amide bonds. The lowest BCUT2D eigenvalue weighted by atomic mass is 10.0. The van der Waals surface area contributed by atoms with Gasteiger partial charge < -0.3 is 0 Å². The van der Waals surface area contributed by atoms with Gasteiger partial charge in [-0.1, -0.05) is 124 Å². The first-order chi connectivity index (χ1) is 20.4. The van der Waals surface area contributed by atoms with Crippen molar-refractivity contribution in [3.63, 3.8) is 0 Å². The maximum Gasteiger partial charge on any atom is 0.163 e. The van der Waals surface area contributed by atoms with Crippen LogP contribution in [0.2, 0.25) is 0 Å². The van der Waals surface area contributed by atoms with Gasteiger partial charge in [-0.3, -0.25) is 9.78 Å². The van der Waals surface area contributed by atoms with E-state index in [0.717, 1.165) is 36.1 Å². The molecule has 0 saturated carbocycles. The minimum absolute atomic E-state index is 0.0283. The third-order valence-corrected chi connectivity index (χ3v) is 7.06. The Labute approximate surface area is 266 Å². The van der Waals surface area contributed by atoms with Crippen molar-refractivity contribution in [3.05, 3.63) is 88.3 Å². The van der Waals surface area contributed by atoms with E-state index in [9.17, 15) is 4.79 Å². The number of pyridine rings is 1. The number of benzene rings is 1. The topological polar surface area (TPSA) is 55.7 Å². The molecule has 2 aromatic heterocycles. The third kappa shape index (κ3) is 22.3. The summed E-state index contributed by atoms with van der Waals surface area (Å²) < 4.78 is 0. The standard InChI is InChI=1S/C9H12.C8H10N2O.C8H11N.C8H18.C6H14/c1-3-9-6-4-8(2)5-7-9;1-5-8(7(3)11)6(2)10-4-9-5;1-3-8-6-9-5-4-7(8)2;1-4-6-8(3)7-5-2;1-4-5-6(2)3/h4-7H,3H2,1-2H3;4H,1-3H3;4-6H,3H2,1-2H3;8H,4-7H2,1-3H3;6H,4-5H2,1-3H3. The van der Waals surface area contributed by atoms with Gasteiger partial charge in [-0.15, -0.1) is 0 Å². The van der Waals surface area contributed by atoms with Crippen molar-refractivity contribution in [1.82, 2.24) is 15.0 Å². The third-order valence-electron chi connectivity index (χ3n) is 7.06. The van der Waals surface area contributed by atoms with Gasteiger partial charge in [0.15, 0.2) is 5.78 Å². The number of hydrogen-bond donors (Lipinski definition) is 0. The number of ketones is 1. The Morgan fingerprint density at radius 1 is 0.721 bits per heavy atom. The Hall–Kier alpha value is -2.88. The molecule has 2 heterocycles. The molecule has 1 aromatic carbocycles. The van der Waals surface area contributed by atoms with Crippen LogP contribution in [0.4, 0.5) is 0 Å². The van der Waals surface area contributed by atoms with Gasteiger partial charge in [0.25, 0.3) is 0 Å². The maximum atomic E-state index is 11.0. The lowest BCUT2D eigenvalue weighted by Crippen LogP contribution is -2.03. The summed E-state index contributed by atoms with van der Waals surface area (Å²) in [5.41, 5.74) is 7.60. The Balaban J connectivity index is 0. The molecule has 0 atom stereocenters. The number of aryl methyl sites for hydroxylation is 6. The molecule has 0 N–H and O–H groups in total. The summed E-state index contributed by atoms with van der Waals surface area (Å²) >= 11 is 0. The molecule has 0 aliphatic heterocycles. The molecule has 0 radical (unpaired) electrons. The lowest BCUT2D eigenvalue weighted by molar-refractivity contribution is 0.101. The van der Waals surface area contributed by atoms with Crippen LogP contribution in [0.15, 0.2) is 49.1 Å². The van der Waals surface area contributed by atoms with Gasteiger partial charge in [-0.25, -0.2) is 9.97 Å². The number of Topliss-reactive ketones (excluding diaryl/α,β-unsaturated/α-hetero) is 1. The van der Waals surface area contributed by atoms with Gasteiger partial charge in [0.1, 0.15) is 6.33 Å². The van der Waals surface area contributed by atoms with Crippen LogP contribution in [0.5, 0.6) is 0 Å². The van der Waals surface area contributed by atoms with E-state index in [4.69, 9.17) is 0 Å². The van der Waals surface area contributed by atoms with E-state index < -0.39 is 0 Å². The highest BCUT2D eigenvalue weighted by molar-refractivity contribution is 5.95. The van der Waals surface area contributed by atoms with E-state index in [0.29, 0.717) is 5.56 Å². The number of hydrogen-bond acceptors (Lipinski definition) is 4. The molecule has 43 heavy (non-hydrogen) atoms. The smallest absolute Gasteiger partial charge is 0.163 e. The number of carbonyl (C=O) groups is 1. The van der Waals surface area contributed by atoms with E-state index in [1.807, 2.05) is 32.3 Å². The van der Waals surface area contributed by atoms with Crippen molar-refractivity contribution < 1.29 is 4.79 Å². The second kappa shape index (κ2) is 26.7. The van der Waals surface area contributed by atoms with Crippen LogP contribution in [0.3, 0.4) is 0 Å². The summed E-state index contributed by atoms with van der Waals surface area (Å²) in [6.07, 6.45) is 15.7. The van der Waals surface area contributed by atoms with Crippen LogP contribution in [0, 0.1) is 39.5 Å². The first-order valence-corrected chi connectivity index (χ1v) is 16.6. The summed E-state index contributed by atoms with van der Waals surface area (Å²) in [5.74, 6) is 1.89. The summed E-state index contributed by atoms with van der Waals surface area (Å²) in [7, 11) is 0. The molecule has 0 spiro atoms. The second-order valence-electron chi connectivity index (χ2n) is 11.8. The molecule has 0 bridgehead atoms. The molecular weight excluding hydrogens is 526 g/mol. The minimum atomic E-state index is 0.0283. The fourth-order valence-electron chi connectivity index (χ4n) is 4.50. The maximum absolute atomic E-state index is 11.0. The first kappa shape index (κ1) is 42.3. The Morgan fingerprint density at radius 2 is 1.23 bits per heavy atom. The quantitative estimate of drug-likeness (QED) is 0.232. The molecule has 242 valence electrons. The highest BCUT2D eigenvalue weighted by Crippen LogP contribution is 2.11. The minimum Gasteiger partial charge on any atom is -0.294 e. The molecule has 0 aliphatic rings. The molecule has 4 nitrogen and oxygen atoms in total. The van der Waals surface area contributed by atoms with E-state index in [1.165, 1.54) is 74.0 Å². The second-order valence-corrected chi connectivity index (χ2v) is 11.8. The molecule has 4 heteroatoms. The monoisotopic (exact) mass is 592 g/mol. The molecule has 3 aromatic rings. The summed E-state index contributed by atoms with van der Waals surface area (Å²) in [6, 6.07) is 10.7. The molecule has 3 rings (SSSR count). The van der Waals surface area contributed by atoms with Crippen LogP contribution in [0.25, 0.3) is 0 Å². The van der Waals surface area contributed by atoms with E-state index in [2.05, 4.69) is 108 Å². The van der Waals surface area contributed by atoms with E-state index in [-0.39, 0.29) is 5.78 Å². The van der Waals surface area contributed by atoms with Gasteiger partial charge >= 0.3 is 0 Å². The van der Waals surface area contributed by atoms with Gasteiger partial charge in [-0.05, 0) is 82.1 Å². The number of carbonyl (C=O) groups excluding carboxylic acids is 1. The lowest BCUT2D eigenvalue weighted by Gasteiger charge is -2.05. The highest BCUT2D eigenvalue weighted by Gasteiger charge is 2.08. The fraction of sp³-hybridized carbons (Fsp3) is 0.590. The number of nitrogens with zero attached hydrogens (tertiary/aromatic N) is 3. The van der Waals surface area contributed by atoms with Crippen molar-refractivity contribution in [1.29, 1.82) is 0 Å². The van der Waals surface area contributed by atoms with E-state index >= 15 is 0 Å². The zero-order chi connectivity index (χ0) is 33.2. The predicted octanol–water partition coefficient (Wildman–Crippen LogP) is 11.5. The van der Waals surface area contributed by atoms with Gasteiger partial charge in [-0.2, -0.15) is 0 Å². The Bertz CT molecular complexity index is 1060. The summed E-state index contributed by atoms with van der Waals surface area (Å²) in [6.45, 7) is 27.3. The number of rotatable bonds is 9. The summed E-state index contributed by atoms with van der Waals surface area (Å²) in [5, 5.41) is 0. The molecular formula is C39H65N3O. The SMILES string of the molecule is CC(=O)c1c(C)ncnc1C.CCCC(C)C.CCCC(C)CCC.CCc1ccc(C)cc1.CCc1cnccc1C. The molecule has 0 aliphatic carbocycles. The van der Waals surface area contributed by atoms with Gasteiger partial charge in [0, 0.05) is 12.4 Å². The van der Waals surface area contributed by atoms with Crippen LogP contribution >= 0.6 is 0 Å². The van der Waals surface area contributed by atoms with Crippen molar-refractivity contribution in [2.45, 2.75) is 141 Å². The highest BCUT2D eigenvalue weighted by atomic mass is 16.1. The van der Waals surface area contributed by atoms with Crippen LogP contribution in [-0.2, 0) is 12.8 Å². The zero-order valence-electron chi connectivity index (χ0n) is 30.2. The fourth-order valence-corrected chi connectivity index (χ4v) is 4.50. The average molecular weight is 592 g/mol. The van der Waals surface area contributed by atoms with Crippen molar-refractivity contribution >= 4 is 5.78 Å². The normalized spacial score (nSPS) is 9.84. The van der Waals surface area contributed by atoms with Crippen molar-refractivity contribution in [2.75, 3.05) is 0 Å². The van der Waals surface area contributed by atoms with Crippen LogP contribution < -0.4 is 0 Å². The first-order valence-electron chi connectivity index (χ1n) is 16.6. The Morgan fingerprint density at radius 3 is 1.53 bits per heavy atom.